The first-order valence-corrected chi connectivity index (χ1v) is 7.20. The molecule has 98 valence electrons. The molecule has 1 aromatic carbocycles. The van der Waals surface area contributed by atoms with Gasteiger partial charge in [-0.15, -0.1) is 0 Å². The lowest BCUT2D eigenvalue weighted by Crippen LogP contribution is -2.10. The average molecular weight is 273 g/mol. The van der Waals surface area contributed by atoms with Gasteiger partial charge in [0.05, 0.1) is 0 Å². The van der Waals surface area contributed by atoms with Gasteiger partial charge in [0.2, 0.25) is 0 Å². The minimum atomic E-state index is 0.659. The van der Waals surface area contributed by atoms with Crippen molar-refractivity contribution >= 4 is 11.6 Å². The van der Waals surface area contributed by atoms with E-state index in [0.717, 1.165) is 30.8 Å². The van der Waals surface area contributed by atoms with Gasteiger partial charge in [-0.2, -0.15) is 0 Å². The molecule has 0 fully saturated rings. The second-order valence-corrected chi connectivity index (χ2v) is 5.58. The minimum Gasteiger partial charge on any atom is -0.237 e. The van der Waals surface area contributed by atoms with Crippen LogP contribution in [0.1, 0.15) is 41.1 Å². The molecule has 0 radical (unpaired) electrons. The summed E-state index contributed by atoms with van der Waals surface area (Å²) in [5.74, 6) is 0.842. The predicted molar refractivity (Wildman–Crippen MR) is 77.7 cm³/mol. The van der Waals surface area contributed by atoms with Gasteiger partial charge in [0, 0.05) is 17.7 Å². The van der Waals surface area contributed by atoms with Crippen molar-refractivity contribution in [3.8, 4) is 0 Å². The van der Waals surface area contributed by atoms with Crippen molar-refractivity contribution < 1.29 is 0 Å². The summed E-state index contributed by atoms with van der Waals surface area (Å²) in [6.07, 6.45) is 5.24. The Balaban J connectivity index is 1.89. The molecular formula is C16H17ClN2. The van der Waals surface area contributed by atoms with Crippen molar-refractivity contribution in [1.29, 1.82) is 0 Å². The first-order valence-electron chi connectivity index (χ1n) is 6.82. The number of hydrogen-bond donors (Lipinski definition) is 0. The maximum absolute atomic E-state index is 6.29. The SMILES string of the molecule is Cc1ccc(Cc2nc(Cl)c3c(n2)CCCC3)cc1. The van der Waals surface area contributed by atoms with Crippen molar-refractivity contribution in [2.75, 3.05) is 0 Å². The summed E-state index contributed by atoms with van der Waals surface area (Å²) >= 11 is 6.29. The van der Waals surface area contributed by atoms with E-state index in [1.54, 1.807) is 0 Å². The van der Waals surface area contributed by atoms with E-state index in [2.05, 4.69) is 36.2 Å². The first-order chi connectivity index (χ1) is 9.22. The summed E-state index contributed by atoms with van der Waals surface area (Å²) in [6.45, 7) is 2.09. The van der Waals surface area contributed by atoms with Gasteiger partial charge in [-0.1, -0.05) is 41.4 Å². The zero-order valence-electron chi connectivity index (χ0n) is 11.1. The normalized spacial score (nSPS) is 14.2. The van der Waals surface area contributed by atoms with Gasteiger partial charge < -0.3 is 0 Å². The Hall–Kier alpha value is -1.41. The molecule has 0 unspecified atom stereocenters. The van der Waals surface area contributed by atoms with Gasteiger partial charge in [-0.25, -0.2) is 9.97 Å². The molecule has 3 rings (SSSR count). The Morgan fingerprint density at radius 1 is 1.05 bits per heavy atom. The fourth-order valence-electron chi connectivity index (χ4n) is 2.56. The second kappa shape index (κ2) is 5.30. The molecule has 2 aromatic rings. The lowest BCUT2D eigenvalue weighted by Gasteiger charge is -2.16. The Morgan fingerprint density at radius 3 is 2.58 bits per heavy atom. The zero-order chi connectivity index (χ0) is 13.2. The van der Waals surface area contributed by atoms with E-state index in [9.17, 15) is 0 Å². The number of nitrogens with zero attached hydrogens (tertiary/aromatic N) is 2. The van der Waals surface area contributed by atoms with E-state index in [1.165, 1.54) is 29.5 Å². The largest absolute Gasteiger partial charge is 0.237 e. The number of aromatic nitrogens is 2. The quantitative estimate of drug-likeness (QED) is 0.775. The average Bonchev–Trinajstić information content (AvgIpc) is 2.42. The molecule has 0 spiro atoms. The molecule has 2 nitrogen and oxygen atoms in total. The zero-order valence-corrected chi connectivity index (χ0v) is 11.9. The van der Waals surface area contributed by atoms with Crippen LogP contribution in [0.3, 0.4) is 0 Å². The molecule has 1 aliphatic rings. The minimum absolute atomic E-state index is 0.659. The van der Waals surface area contributed by atoms with Crippen molar-refractivity contribution in [1.82, 2.24) is 9.97 Å². The first kappa shape index (κ1) is 12.6. The molecule has 1 heterocycles. The highest BCUT2D eigenvalue weighted by Crippen LogP contribution is 2.25. The molecule has 19 heavy (non-hydrogen) atoms. The molecule has 3 heteroatoms. The van der Waals surface area contributed by atoms with E-state index < -0.39 is 0 Å². The van der Waals surface area contributed by atoms with E-state index in [0.29, 0.717) is 5.15 Å². The summed E-state index contributed by atoms with van der Waals surface area (Å²) in [4.78, 5) is 9.15. The number of benzene rings is 1. The third kappa shape index (κ3) is 2.79. The molecule has 1 aliphatic carbocycles. The van der Waals surface area contributed by atoms with Gasteiger partial charge in [-0.3, -0.25) is 0 Å². The molecule has 0 N–H and O–H groups in total. The lowest BCUT2D eigenvalue weighted by atomic mass is 9.97. The van der Waals surface area contributed by atoms with Crippen LogP contribution in [0, 0.1) is 6.92 Å². The predicted octanol–water partition coefficient (Wildman–Crippen LogP) is 3.91. The summed E-state index contributed by atoms with van der Waals surface area (Å²) in [5, 5.41) is 0.659. The van der Waals surface area contributed by atoms with Crippen molar-refractivity contribution in [3.05, 3.63) is 57.6 Å². The molecule has 0 saturated carbocycles. The standard InChI is InChI=1S/C16H17ClN2/c1-11-6-8-12(9-7-11)10-15-18-14-5-3-2-4-13(14)16(17)19-15/h6-9H,2-5,10H2,1H3. The Labute approximate surface area is 118 Å². The second-order valence-electron chi connectivity index (χ2n) is 5.23. The maximum atomic E-state index is 6.29. The van der Waals surface area contributed by atoms with E-state index in [1.807, 2.05) is 0 Å². The molecule has 0 saturated heterocycles. The third-order valence-corrected chi connectivity index (χ3v) is 3.97. The topological polar surface area (TPSA) is 25.8 Å². The fourth-order valence-corrected chi connectivity index (χ4v) is 2.87. The Morgan fingerprint density at radius 2 is 1.79 bits per heavy atom. The van der Waals surface area contributed by atoms with Gasteiger partial charge in [0.1, 0.15) is 11.0 Å². The van der Waals surface area contributed by atoms with Crippen LogP contribution in [-0.4, -0.2) is 9.97 Å². The summed E-state index contributed by atoms with van der Waals surface area (Å²) < 4.78 is 0. The summed E-state index contributed by atoms with van der Waals surface area (Å²) in [6, 6.07) is 8.50. The number of aryl methyl sites for hydroxylation is 2. The highest BCUT2D eigenvalue weighted by molar-refractivity contribution is 6.30. The van der Waals surface area contributed by atoms with Crippen LogP contribution >= 0.6 is 11.6 Å². The molecule has 0 amide bonds. The van der Waals surface area contributed by atoms with Crippen LogP contribution in [0.15, 0.2) is 24.3 Å². The van der Waals surface area contributed by atoms with Crippen LogP contribution in [0.2, 0.25) is 5.15 Å². The van der Waals surface area contributed by atoms with Crippen LogP contribution in [-0.2, 0) is 19.3 Å². The van der Waals surface area contributed by atoms with Gasteiger partial charge in [0.25, 0.3) is 0 Å². The molecule has 0 aliphatic heterocycles. The van der Waals surface area contributed by atoms with Crippen molar-refractivity contribution in [2.24, 2.45) is 0 Å². The number of fused-ring (bicyclic) bond motifs is 1. The van der Waals surface area contributed by atoms with E-state index >= 15 is 0 Å². The molecule has 0 bridgehead atoms. The van der Waals surface area contributed by atoms with Crippen molar-refractivity contribution in [2.45, 2.75) is 39.0 Å². The number of rotatable bonds is 2. The number of halogens is 1. The van der Waals surface area contributed by atoms with Gasteiger partial charge in [0.15, 0.2) is 0 Å². The Bertz CT molecular complexity index is 590. The van der Waals surface area contributed by atoms with Gasteiger partial charge in [-0.05, 0) is 38.2 Å². The smallest absolute Gasteiger partial charge is 0.136 e. The monoisotopic (exact) mass is 272 g/mol. The summed E-state index contributed by atoms with van der Waals surface area (Å²) in [5.41, 5.74) is 4.83. The van der Waals surface area contributed by atoms with Crippen LogP contribution in [0.5, 0.6) is 0 Å². The number of hydrogen-bond acceptors (Lipinski definition) is 2. The van der Waals surface area contributed by atoms with Crippen molar-refractivity contribution in [3.63, 3.8) is 0 Å². The third-order valence-electron chi connectivity index (χ3n) is 3.66. The van der Waals surface area contributed by atoms with Crippen LogP contribution in [0.25, 0.3) is 0 Å². The highest BCUT2D eigenvalue weighted by atomic mass is 35.5. The highest BCUT2D eigenvalue weighted by Gasteiger charge is 2.16. The van der Waals surface area contributed by atoms with E-state index in [4.69, 9.17) is 16.6 Å². The molecule has 0 atom stereocenters. The Kier molecular flexibility index (Phi) is 3.52. The molecule has 1 aromatic heterocycles. The van der Waals surface area contributed by atoms with Gasteiger partial charge >= 0.3 is 0 Å². The van der Waals surface area contributed by atoms with Crippen LogP contribution in [0.4, 0.5) is 0 Å². The summed E-state index contributed by atoms with van der Waals surface area (Å²) in [7, 11) is 0. The lowest BCUT2D eigenvalue weighted by molar-refractivity contribution is 0.656. The molecular weight excluding hydrogens is 256 g/mol. The van der Waals surface area contributed by atoms with Crippen LogP contribution < -0.4 is 0 Å². The maximum Gasteiger partial charge on any atom is 0.136 e. The fraction of sp³-hybridized carbons (Fsp3) is 0.375. The van der Waals surface area contributed by atoms with E-state index in [-0.39, 0.29) is 0 Å².